The van der Waals surface area contributed by atoms with E-state index in [0.29, 0.717) is 19.4 Å². The summed E-state index contributed by atoms with van der Waals surface area (Å²) < 4.78 is 5.48. The van der Waals surface area contributed by atoms with E-state index in [4.69, 9.17) is 4.74 Å². The van der Waals surface area contributed by atoms with Gasteiger partial charge in [0.05, 0.1) is 25.4 Å². The number of ether oxygens (including phenoxy) is 1. The molecule has 6 heteroatoms. The van der Waals surface area contributed by atoms with Crippen molar-refractivity contribution in [3.8, 4) is 0 Å². The summed E-state index contributed by atoms with van der Waals surface area (Å²) in [5, 5.41) is 23.2. The summed E-state index contributed by atoms with van der Waals surface area (Å²) in [6.07, 6.45) is 87.5. The molecule has 0 saturated carbocycles. The Morgan fingerprint density at radius 2 is 0.641 bits per heavy atom. The molecule has 0 aliphatic heterocycles. The number of aliphatic hydroxyl groups is 2. The maximum atomic E-state index is 12.5. The molecule has 0 aromatic heterocycles. The van der Waals surface area contributed by atoms with Crippen molar-refractivity contribution in [1.82, 2.24) is 5.32 Å². The van der Waals surface area contributed by atoms with Gasteiger partial charge in [0.2, 0.25) is 5.91 Å². The Morgan fingerprint density at radius 3 is 0.987 bits per heavy atom. The van der Waals surface area contributed by atoms with Gasteiger partial charge in [0.25, 0.3) is 0 Å². The zero-order valence-electron chi connectivity index (χ0n) is 52.4. The zero-order chi connectivity index (χ0) is 56.4. The monoisotopic (exact) mass is 1090 g/mol. The van der Waals surface area contributed by atoms with Crippen molar-refractivity contribution in [2.45, 2.75) is 386 Å². The lowest BCUT2D eigenvalue weighted by molar-refractivity contribution is -0.143. The Bertz CT molecular complexity index is 1310. The van der Waals surface area contributed by atoms with E-state index in [1.807, 2.05) is 6.08 Å². The van der Waals surface area contributed by atoms with E-state index < -0.39 is 12.1 Å². The molecular formula is C72H135NO5. The molecular weight excluding hydrogens is 959 g/mol. The van der Waals surface area contributed by atoms with Gasteiger partial charge in [-0.1, -0.05) is 319 Å². The fourth-order valence-corrected chi connectivity index (χ4v) is 10.7. The highest BCUT2D eigenvalue weighted by molar-refractivity contribution is 5.76. The van der Waals surface area contributed by atoms with Gasteiger partial charge in [-0.15, -0.1) is 0 Å². The van der Waals surface area contributed by atoms with Gasteiger partial charge in [0, 0.05) is 12.8 Å². The molecule has 1 amide bonds. The molecule has 0 aliphatic rings. The lowest BCUT2D eigenvalue weighted by Gasteiger charge is -2.20. The Morgan fingerprint density at radius 1 is 0.359 bits per heavy atom. The van der Waals surface area contributed by atoms with Gasteiger partial charge in [-0.25, -0.2) is 0 Å². The smallest absolute Gasteiger partial charge is 0.305 e. The number of carbonyl (C=O) groups is 2. The summed E-state index contributed by atoms with van der Waals surface area (Å²) in [7, 11) is 0. The minimum absolute atomic E-state index is 0.00381. The number of nitrogens with one attached hydrogen (secondary N) is 1. The summed E-state index contributed by atoms with van der Waals surface area (Å²) in [4.78, 5) is 24.6. The van der Waals surface area contributed by atoms with Gasteiger partial charge in [0.15, 0.2) is 0 Å². The van der Waals surface area contributed by atoms with E-state index in [2.05, 4.69) is 55.6 Å². The first-order valence-corrected chi connectivity index (χ1v) is 34.9. The summed E-state index contributed by atoms with van der Waals surface area (Å²) in [6, 6.07) is -0.630. The van der Waals surface area contributed by atoms with Crippen LogP contribution in [0.5, 0.6) is 0 Å². The number of hydrogen-bond acceptors (Lipinski definition) is 5. The molecule has 0 fully saturated rings. The normalized spacial score (nSPS) is 12.8. The van der Waals surface area contributed by atoms with Crippen LogP contribution in [0, 0.1) is 0 Å². The van der Waals surface area contributed by atoms with Gasteiger partial charge in [0.1, 0.15) is 0 Å². The van der Waals surface area contributed by atoms with Crippen LogP contribution in [-0.2, 0) is 14.3 Å². The first-order chi connectivity index (χ1) is 38.5. The summed E-state index contributed by atoms with van der Waals surface area (Å²) in [5.41, 5.74) is 0. The Hall–Kier alpha value is -2.18. The molecule has 0 saturated heterocycles. The fourth-order valence-electron chi connectivity index (χ4n) is 10.7. The van der Waals surface area contributed by atoms with Gasteiger partial charge in [-0.3, -0.25) is 9.59 Å². The van der Waals surface area contributed by atoms with Gasteiger partial charge >= 0.3 is 5.97 Å². The van der Waals surface area contributed by atoms with Crippen molar-refractivity contribution in [3.63, 3.8) is 0 Å². The highest BCUT2D eigenvalue weighted by Crippen LogP contribution is 2.18. The van der Waals surface area contributed by atoms with Gasteiger partial charge in [-0.05, 0) is 89.9 Å². The Kier molecular flexibility index (Phi) is 65.4. The number of allylic oxidation sites excluding steroid dienone is 7. The third kappa shape index (κ3) is 63.0. The van der Waals surface area contributed by atoms with E-state index in [1.165, 1.54) is 295 Å². The van der Waals surface area contributed by atoms with Crippen molar-refractivity contribution in [3.05, 3.63) is 48.6 Å². The summed E-state index contributed by atoms with van der Waals surface area (Å²) >= 11 is 0. The molecule has 2 atom stereocenters. The average molecular weight is 1090 g/mol. The predicted molar refractivity (Wildman–Crippen MR) is 342 cm³/mol. The lowest BCUT2D eigenvalue weighted by Crippen LogP contribution is -2.45. The van der Waals surface area contributed by atoms with Gasteiger partial charge < -0.3 is 20.3 Å². The molecule has 6 nitrogen and oxygen atoms in total. The van der Waals surface area contributed by atoms with Crippen LogP contribution in [0.1, 0.15) is 373 Å². The maximum absolute atomic E-state index is 12.5. The molecule has 0 aliphatic carbocycles. The first-order valence-electron chi connectivity index (χ1n) is 34.9. The quantitative estimate of drug-likeness (QED) is 0.0320. The van der Waals surface area contributed by atoms with Crippen molar-refractivity contribution < 1.29 is 24.5 Å². The molecule has 458 valence electrons. The molecule has 0 rings (SSSR count). The van der Waals surface area contributed by atoms with Crippen LogP contribution in [-0.4, -0.2) is 47.4 Å². The zero-order valence-corrected chi connectivity index (χ0v) is 52.4. The first kappa shape index (κ1) is 75.8. The minimum atomic E-state index is -0.846. The molecule has 0 spiro atoms. The second-order valence-electron chi connectivity index (χ2n) is 23.9. The van der Waals surface area contributed by atoms with Crippen LogP contribution in [0.3, 0.4) is 0 Å². The van der Waals surface area contributed by atoms with Crippen LogP contribution in [0.25, 0.3) is 0 Å². The van der Waals surface area contributed by atoms with E-state index in [-0.39, 0.29) is 18.5 Å². The number of rotatable bonds is 65. The SMILES string of the molecule is CCCCCCCC/C=C\CCCCCCCC(=O)OCCCCCCCCCCC/C=C\C/C=C\CCCCCCCCCCCCCCCC(=O)NC(CO)C(O)/C=C/CCCCCCCCCCCCCCCCC. The van der Waals surface area contributed by atoms with Crippen LogP contribution in [0.15, 0.2) is 48.6 Å². The van der Waals surface area contributed by atoms with E-state index in [1.54, 1.807) is 6.08 Å². The second-order valence-corrected chi connectivity index (χ2v) is 23.9. The average Bonchev–Trinajstić information content (AvgIpc) is 3.44. The van der Waals surface area contributed by atoms with Crippen LogP contribution >= 0.6 is 0 Å². The number of unbranched alkanes of at least 4 members (excludes halogenated alkanes) is 48. The molecule has 0 bridgehead atoms. The second kappa shape index (κ2) is 67.3. The molecule has 78 heavy (non-hydrogen) atoms. The number of carbonyl (C=O) groups excluding carboxylic acids is 2. The van der Waals surface area contributed by atoms with Gasteiger partial charge in [-0.2, -0.15) is 0 Å². The van der Waals surface area contributed by atoms with Crippen molar-refractivity contribution in [2.24, 2.45) is 0 Å². The number of amides is 1. The molecule has 0 radical (unpaired) electrons. The highest BCUT2D eigenvalue weighted by atomic mass is 16.5. The maximum Gasteiger partial charge on any atom is 0.305 e. The van der Waals surface area contributed by atoms with E-state index in [9.17, 15) is 19.8 Å². The van der Waals surface area contributed by atoms with E-state index >= 15 is 0 Å². The highest BCUT2D eigenvalue weighted by Gasteiger charge is 2.18. The molecule has 0 aromatic carbocycles. The van der Waals surface area contributed by atoms with Crippen molar-refractivity contribution >= 4 is 11.9 Å². The summed E-state index contributed by atoms with van der Waals surface area (Å²) in [6.45, 7) is 4.92. The summed E-state index contributed by atoms with van der Waals surface area (Å²) in [5.74, 6) is -0.0631. The third-order valence-corrected chi connectivity index (χ3v) is 16.1. The topological polar surface area (TPSA) is 95.9 Å². The Labute approximate surface area is 486 Å². The minimum Gasteiger partial charge on any atom is -0.466 e. The molecule has 2 unspecified atom stereocenters. The number of aliphatic hydroxyl groups excluding tert-OH is 2. The Balaban J connectivity index is 3.43. The number of esters is 1. The van der Waals surface area contributed by atoms with E-state index in [0.717, 1.165) is 51.4 Å². The van der Waals surface area contributed by atoms with Crippen LogP contribution < -0.4 is 5.32 Å². The van der Waals surface area contributed by atoms with Crippen LogP contribution in [0.4, 0.5) is 0 Å². The van der Waals surface area contributed by atoms with Crippen molar-refractivity contribution in [2.75, 3.05) is 13.2 Å². The predicted octanol–water partition coefficient (Wildman–Crippen LogP) is 22.5. The lowest BCUT2D eigenvalue weighted by atomic mass is 10.0. The fraction of sp³-hybridized carbons (Fsp3) is 0.861. The molecule has 0 heterocycles. The molecule has 3 N–H and O–H groups in total. The standard InChI is InChI=1S/C72H135NO5/c1-3-5-7-9-11-13-15-17-19-33-37-40-44-48-52-56-60-64-70(75)69(68-74)73-71(76)65-61-57-53-49-45-41-38-34-31-29-27-25-23-21-20-22-24-26-28-30-32-35-39-43-47-51-55-59-63-67-78-72(77)66-62-58-54-50-46-42-36-18-16-14-12-10-8-6-4-2/h18,20,22,26,28,36,60,64,69-70,74-75H,3-17,19,21,23-25,27,29-35,37-59,61-63,65-68H2,1-2H3,(H,73,76)/b22-20-,28-26-,36-18-,64-60+. The number of hydrogen-bond donors (Lipinski definition) is 3. The largest absolute Gasteiger partial charge is 0.466 e. The van der Waals surface area contributed by atoms with Crippen LogP contribution in [0.2, 0.25) is 0 Å². The van der Waals surface area contributed by atoms with Crippen molar-refractivity contribution in [1.29, 1.82) is 0 Å². The molecule has 0 aromatic rings. The third-order valence-electron chi connectivity index (χ3n) is 16.1.